The predicted molar refractivity (Wildman–Crippen MR) is 33.6 cm³/mol. The van der Waals surface area contributed by atoms with Gasteiger partial charge in [-0.05, 0) is 14.1 Å². The Morgan fingerprint density at radius 3 is 2.50 bits per heavy atom. The van der Waals surface area contributed by atoms with Crippen molar-refractivity contribution in [1.82, 2.24) is 4.90 Å². The van der Waals surface area contributed by atoms with Gasteiger partial charge in [-0.25, -0.2) is 0 Å². The highest BCUT2D eigenvalue weighted by atomic mass is 16.5. The molecule has 2 N–H and O–H groups in total. The third kappa shape index (κ3) is 5.88. The molecule has 0 rings (SSSR count). The molecule has 0 heterocycles. The van der Waals surface area contributed by atoms with Crippen molar-refractivity contribution >= 4 is 0 Å². The Bertz CT molecular complexity index is 47.7. The fourth-order valence-corrected chi connectivity index (χ4v) is 0.330. The Morgan fingerprint density at radius 1 is 1.50 bits per heavy atom. The summed E-state index contributed by atoms with van der Waals surface area (Å²) < 4.78 is 4.88. The molecule has 3 heteroatoms. The lowest BCUT2D eigenvalue weighted by Gasteiger charge is -2.07. The van der Waals surface area contributed by atoms with Gasteiger partial charge in [-0.2, -0.15) is 0 Å². The maximum Gasteiger partial charge on any atom is 0.0940 e. The number of ether oxygens (including phenoxy) is 1. The van der Waals surface area contributed by atoms with E-state index in [-0.39, 0.29) is 0 Å². The topological polar surface area (TPSA) is 38.5 Å². The van der Waals surface area contributed by atoms with Crippen molar-refractivity contribution in [3.05, 3.63) is 0 Å². The van der Waals surface area contributed by atoms with Crippen LogP contribution in [0.25, 0.3) is 0 Å². The summed E-state index contributed by atoms with van der Waals surface area (Å²) >= 11 is 0. The second-order valence-electron chi connectivity index (χ2n) is 1.88. The normalized spacial score (nSPS) is 10.5. The van der Waals surface area contributed by atoms with Crippen LogP contribution < -0.4 is 5.73 Å². The van der Waals surface area contributed by atoms with E-state index in [0.717, 1.165) is 13.2 Å². The van der Waals surface area contributed by atoms with Crippen LogP contribution in [0, 0.1) is 0 Å². The van der Waals surface area contributed by atoms with Gasteiger partial charge >= 0.3 is 0 Å². The third-order valence-electron chi connectivity index (χ3n) is 0.801. The van der Waals surface area contributed by atoms with Gasteiger partial charge in [-0.1, -0.05) is 0 Å². The van der Waals surface area contributed by atoms with Crippen LogP contribution in [-0.2, 0) is 4.74 Å². The van der Waals surface area contributed by atoms with Crippen molar-refractivity contribution in [3.63, 3.8) is 0 Å². The van der Waals surface area contributed by atoms with Crippen LogP contribution >= 0.6 is 0 Å². The number of nitrogens with zero attached hydrogens (tertiary/aromatic N) is 1. The minimum absolute atomic E-state index is 0.327. The average molecular weight is 118 g/mol. The van der Waals surface area contributed by atoms with Gasteiger partial charge in [0, 0.05) is 6.54 Å². The van der Waals surface area contributed by atoms with Gasteiger partial charge < -0.3 is 15.4 Å². The SMILES string of the molecule is CN(C)CCOCN. The van der Waals surface area contributed by atoms with Gasteiger partial charge in [0.2, 0.25) is 0 Å². The van der Waals surface area contributed by atoms with Gasteiger partial charge in [0.25, 0.3) is 0 Å². The second kappa shape index (κ2) is 5.03. The van der Waals surface area contributed by atoms with Crippen molar-refractivity contribution < 1.29 is 4.74 Å². The minimum atomic E-state index is 0.327. The maximum absolute atomic E-state index is 5.07. The Labute approximate surface area is 50.4 Å². The Hall–Kier alpha value is -0.120. The van der Waals surface area contributed by atoms with E-state index in [1.165, 1.54) is 0 Å². The van der Waals surface area contributed by atoms with Crippen LogP contribution in [0.5, 0.6) is 0 Å². The lowest BCUT2D eigenvalue weighted by atomic mass is 10.6. The van der Waals surface area contributed by atoms with Gasteiger partial charge in [-0.3, -0.25) is 0 Å². The smallest absolute Gasteiger partial charge is 0.0940 e. The molecule has 0 atom stereocenters. The van der Waals surface area contributed by atoms with Crippen molar-refractivity contribution in [3.8, 4) is 0 Å². The fraction of sp³-hybridized carbons (Fsp3) is 1.00. The van der Waals surface area contributed by atoms with E-state index in [0.29, 0.717) is 6.73 Å². The summed E-state index contributed by atoms with van der Waals surface area (Å²) in [6.07, 6.45) is 0. The summed E-state index contributed by atoms with van der Waals surface area (Å²) in [5.41, 5.74) is 5.07. The first kappa shape index (κ1) is 7.88. The molecule has 0 amide bonds. The zero-order chi connectivity index (χ0) is 6.41. The quantitative estimate of drug-likeness (QED) is 0.399. The Morgan fingerprint density at radius 2 is 2.12 bits per heavy atom. The molecule has 0 aliphatic heterocycles. The van der Waals surface area contributed by atoms with E-state index in [9.17, 15) is 0 Å². The van der Waals surface area contributed by atoms with Crippen molar-refractivity contribution in [2.75, 3.05) is 34.0 Å². The number of rotatable bonds is 4. The molecule has 0 saturated carbocycles. The molecule has 0 spiro atoms. The predicted octanol–water partition coefficient (Wildman–Crippen LogP) is -0.519. The van der Waals surface area contributed by atoms with Gasteiger partial charge in [-0.15, -0.1) is 0 Å². The molecule has 0 bridgehead atoms. The summed E-state index contributed by atoms with van der Waals surface area (Å²) in [6.45, 7) is 1.99. The molecule has 3 nitrogen and oxygen atoms in total. The highest BCUT2D eigenvalue weighted by molar-refractivity contribution is 4.37. The fourth-order valence-electron chi connectivity index (χ4n) is 0.330. The van der Waals surface area contributed by atoms with Crippen molar-refractivity contribution in [2.45, 2.75) is 0 Å². The number of nitrogens with two attached hydrogens (primary N) is 1. The molecule has 8 heavy (non-hydrogen) atoms. The van der Waals surface area contributed by atoms with Gasteiger partial charge in [0.05, 0.1) is 13.3 Å². The number of hydrogen-bond donors (Lipinski definition) is 1. The van der Waals surface area contributed by atoms with E-state index in [4.69, 9.17) is 10.5 Å². The van der Waals surface area contributed by atoms with E-state index in [1.807, 2.05) is 14.1 Å². The molecule has 0 aliphatic rings. The zero-order valence-corrected chi connectivity index (χ0v) is 5.55. The maximum atomic E-state index is 5.07. The van der Waals surface area contributed by atoms with Crippen LogP contribution in [0.1, 0.15) is 0 Å². The summed E-state index contributed by atoms with van der Waals surface area (Å²) in [5.74, 6) is 0. The zero-order valence-electron chi connectivity index (χ0n) is 5.55. The molecule has 0 radical (unpaired) electrons. The first-order valence-electron chi connectivity index (χ1n) is 2.70. The monoisotopic (exact) mass is 118 g/mol. The van der Waals surface area contributed by atoms with Crippen LogP contribution in [0.3, 0.4) is 0 Å². The molecular formula is C5H14N2O. The van der Waals surface area contributed by atoms with Gasteiger partial charge in [0.15, 0.2) is 0 Å². The standard InChI is InChI=1S/C5H14N2O/c1-7(2)3-4-8-5-6/h3-6H2,1-2H3. The molecule has 0 saturated heterocycles. The van der Waals surface area contributed by atoms with Gasteiger partial charge in [0.1, 0.15) is 0 Å². The lowest BCUT2D eigenvalue weighted by molar-refractivity contribution is 0.123. The van der Waals surface area contributed by atoms with Crippen LogP contribution in [0.15, 0.2) is 0 Å². The number of hydrogen-bond acceptors (Lipinski definition) is 3. The molecule has 0 fully saturated rings. The summed E-state index contributed by atoms with van der Waals surface area (Å²) in [4.78, 5) is 2.05. The molecule has 0 aromatic heterocycles. The minimum Gasteiger partial charge on any atom is -0.365 e. The molecule has 50 valence electrons. The van der Waals surface area contributed by atoms with E-state index in [1.54, 1.807) is 0 Å². The highest BCUT2D eigenvalue weighted by Gasteiger charge is 1.86. The molecule has 0 aromatic rings. The highest BCUT2D eigenvalue weighted by Crippen LogP contribution is 1.73. The first-order valence-corrected chi connectivity index (χ1v) is 2.70. The second-order valence-corrected chi connectivity index (χ2v) is 1.88. The van der Waals surface area contributed by atoms with Crippen LogP contribution in [0.4, 0.5) is 0 Å². The Balaban J connectivity index is 2.72. The van der Waals surface area contributed by atoms with E-state index in [2.05, 4.69) is 4.90 Å². The largest absolute Gasteiger partial charge is 0.365 e. The van der Waals surface area contributed by atoms with Crippen molar-refractivity contribution in [1.29, 1.82) is 0 Å². The van der Waals surface area contributed by atoms with Crippen LogP contribution in [-0.4, -0.2) is 38.9 Å². The van der Waals surface area contributed by atoms with E-state index >= 15 is 0 Å². The third-order valence-corrected chi connectivity index (χ3v) is 0.801. The van der Waals surface area contributed by atoms with Crippen LogP contribution in [0.2, 0.25) is 0 Å². The van der Waals surface area contributed by atoms with E-state index < -0.39 is 0 Å². The molecule has 0 aromatic carbocycles. The Kier molecular flexibility index (Phi) is 4.95. The number of likely N-dealkylation sites (N-methyl/N-ethyl adjacent to an activating group) is 1. The molecule has 0 aliphatic carbocycles. The van der Waals surface area contributed by atoms with Crippen molar-refractivity contribution in [2.24, 2.45) is 5.73 Å². The summed E-state index contributed by atoms with van der Waals surface area (Å²) in [5, 5.41) is 0. The molecule has 0 unspecified atom stereocenters. The lowest BCUT2D eigenvalue weighted by Crippen LogP contribution is -2.19. The summed E-state index contributed by atoms with van der Waals surface area (Å²) in [7, 11) is 4.00. The molecular weight excluding hydrogens is 104 g/mol. The first-order chi connectivity index (χ1) is 3.77. The average Bonchev–Trinajstić information content (AvgIpc) is 1.66. The summed E-state index contributed by atoms with van der Waals surface area (Å²) in [6, 6.07) is 0.